The summed E-state index contributed by atoms with van der Waals surface area (Å²) in [6.45, 7) is 5.14. The van der Waals surface area contributed by atoms with Crippen LogP contribution in [0.3, 0.4) is 0 Å². The van der Waals surface area contributed by atoms with Gasteiger partial charge in [-0.1, -0.05) is 24.6 Å². The van der Waals surface area contributed by atoms with E-state index in [4.69, 9.17) is 4.74 Å². The number of benzene rings is 1. The van der Waals surface area contributed by atoms with E-state index in [0.717, 1.165) is 41.7 Å². The molecule has 5 nitrogen and oxygen atoms in total. The molecular weight excluding hydrogens is 370 g/mol. The molecule has 0 saturated carbocycles. The van der Waals surface area contributed by atoms with Gasteiger partial charge in [-0.05, 0) is 50.8 Å². The van der Waals surface area contributed by atoms with Gasteiger partial charge in [0.2, 0.25) is 5.91 Å². The standard InChI is InChI=1S/C22H27N3O2S/c1-14-6-8-19(27-4)16(9-14)12-25(3)13-21(26)24-22-18(11-23)17-7-5-15(2)10-20(17)28-22/h6,8-9,15H,5,7,10,12-13H2,1-4H3,(H,24,26)/t15-/m0/s1. The molecule has 0 radical (unpaired) electrons. The van der Waals surface area contributed by atoms with Crippen molar-refractivity contribution in [3.63, 3.8) is 0 Å². The van der Waals surface area contributed by atoms with E-state index in [-0.39, 0.29) is 12.5 Å². The molecule has 1 atom stereocenters. The number of hydrogen-bond donors (Lipinski definition) is 1. The average molecular weight is 398 g/mol. The lowest BCUT2D eigenvalue weighted by Crippen LogP contribution is -2.30. The number of anilines is 1. The molecule has 148 valence electrons. The summed E-state index contributed by atoms with van der Waals surface area (Å²) in [4.78, 5) is 15.8. The van der Waals surface area contributed by atoms with E-state index in [2.05, 4.69) is 24.4 Å². The van der Waals surface area contributed by atoms with Crippen LogP contribution in [0, 0.1) is 24.2 Å². The minimum Gasteiger partial charge on any atom is -0.496 e. The Hall–Kier alpha value is -2.36. The fourth-order valence-corrected chi connectivity index (χ4v) is 5.12. The first-order valence-corrected chi connectivity index (χ1v) is 10.4. The predicted octanol–water partition coefficient (Wildman–Crippen LogP) is 4.13. The Kier molecular flexibility index (Phi) is 6.38. The van der Waals surface area contributed by atoms with Crippen molar-refractivity contribution in [1.82, 2.24) is 4.90 Å². The maximum Gasteiger partial charge on any atom is 0.239 e. The van der Waals surface area contributed by atoms with E-state index in [1.165, 1.54) is 4.88 Å². The van der Waals surface area contributed by atoms with Gasteiger partial charge in [-0.25, -0.2) is 0 Å². The number of fused-ring (bicyclic) bond motifs is 1. The van der Waals surface area contributed by atoms with E-state index in [1.807, 2.05) is 31.0 Å². The van der Waals surface area contributed by atoms with Gasteiger partial charge >= 0.3 is 0 Å². The summed E-state index contributed by atoms with van der Waals surface area (Å²) in [5, 5.41) is 13.3. The third-order valence-corrected chi connectivity index (χ3v) is 6.34. The lowest BCUT2D eigenvalue weighted by Gasteiger charge is -2.18. The van der Waals surface area contributed by atoms with Gasteiger partial charge in [0.1, 0.15) is 16.8 Å². The molecule has 0 bridgehead atoms. The van der Waals surface area contributed by atoms with Crippen LogP contribution in [0.4, 0.5) is 5.00 Å². The van der Waals surface area contributed by atoms with Gasteiger partial charge in [0.25, 0.3) is 0 Å². The first-order valence-electron chi connectivity index (χ1n) is 9.57. The molecule has 1 aromatic heterocycles. The highest BCUT2D eigenvalue weighted by Gasteiger charge is 2.24. The Bertz CT molecular complexity index is 913. The van der Waals surface area contributed by atoms with Crippen molar-refractivity contribution in [3.05, 3.63) is 45.3 Å². The number of likely N-dealkylation sites (N-methyl/N-ethyl adjacent to an activating group) is 1. The fourth-order valence-electron chi connectivity index (χ4n) is 3.75. The molecule has 1 amide bonds. The molecule has 0 aliphatic heterocycles. The Morgan fingerprint density at radius 1 is 1.46 bits per heavy atom. The zero-order chi connectivity index (χ0) is 20.3. The van der Waals surface area contributed by atoms with Crippen LogP contribution in [0.15, 0.2) is 18.2 Å². The van der Waals surface area contributed by atoms with Crippen LogP contribution in [0.5, 0.6) is 5.75 Å². The molecule has 0 unspecified atom stereocenters. The number of nitrogens with zero attached hydrogens (tertiary/aromatic N) is 2. The molecule has 1 aliphatic carbocycles. The number of amides is 1. The van der Waals surface area contributed by atoms with Crippen LogP contribution in [-0.4, -0.2) is 31.5 Å². The van der Waals surface area contributed by atoms with Gasteiger partial charge in [0.05, 0.1) is 19.2 Å². The average Bonchev–Trinajstić information content (AvgIpc) is 2.97. The van der Waals surface area contributed by atoms with Crippen molar-refractivity contribution in [2.75, 3.05) is 26.0 Å². The molecule has 0 fully saturated rings. The summed E-state index contributed by atoms with van der Waals surface area (Å²) in [5.74, 6) is 1.36. The minimum atomic E-state index is -0.0998. The Morgan fingerprint density at radius 2 is 2.25 bits per heavy atom. The molecule has 2 aromatic rings. The van der Waals surface area contributed by atoms with E-state index in [1.54, 1.807) is 18.4 Å². The van der Waals surface area contributed by atoms with E-state index in [9.17, 15) is 10.1 Å². The number of nitriles is 1. The van der Waals surface area contributed by atoms with E-state index in [0.29, 0.717) is 23.0 Å². The number of carbonyl (C=O) groups is 1. The van der Waals surface area contributed by atoms with Crippen molar-refractivity contribution in [1.29, 1.82) is 5.26 Å². The molecule has 1 aliphatic rings. The largest absolute Gasteiger partial charge is 0.496 e. The molecule has 1 N–H and O–H groups in total. The molecule has 28 heavy (non-hydrogen) atoms. The lowest BCUT2D eigenvalue weighted by atomic mass is 9.89. The van der Waals surface area contributed by atoms with E-state index >= 15 is 0 Å². The first kappa shape index (κ1) is 20.4. The monoisotopic (exact) mass is 397 g/mol. The lowest BCUT2D eigenvalue weighted by molar-refractivity contribution is -0.117. The Balaban J connectivity index is 1.66. The topological polar surface area (TPSA) is 65.4 Å². The summed E-state index contributed by atoms with van der Waals surface area (Å²) in [6.07, 6.45) is 3.03. The molecule has 1 aromatic carbocycles. The molecule has 0 spiro atoms. The second-order valence-electron chi connectivity index (χ2n) is 7.70. The number of aryl methyl sites for hydroxylation is 1. The number of thiophene rings is 1. The molecular formula is C22H27N3O2S. The minimum absolute atomic E-state index is 0.0998. The number of rotatable bonds is 6. The van der Waals surface area contributed by atoms with Crippen LogP contribution < -0.4 is 10.1 Å². The maximum atomic E-state index is 12.6. The second-order valence-corrected chi connectivity index (χ2v) is 8.81. The Labute approximate surface area is 170 Å². The normalized spacial score (nSPS) is 15.8. The van der Waals surface area contributed by atoms with Gasteiger partial charge in [-0.15, -0.1) is 11.3 Å². The summed E-state index contributed by atoms with van der Waals surface area (Å²) in [7, 11) is 3.57. The van der Waals surface area contributed by atoms with Crippen LogP contribution in [-0.2, 0) is 24.2 Å². The number of nitrogens with one attached hydrogen (secondary N) is 1. The van der Waals surface area contributed by atoms with Gasteiger partial charge in [0, 0.05) is 17.0 Å². The van der Waals surface area contributed by atoms with Gasteiger partial charge < -0.3 is 10.1 Å². The van der Waals surface area contributed by atoms with Crippen molar-refractivity contribution >= 4 is 22.2 Å². The van der Waals surface area contributed by atoms with Crippen LogP contribution in [0.2, 0.25) is 0 Å². The van der Waals surface area contributed by atoms with Crippen molar-refractivity contribution in [3.8, 4) is 11.8 Å². The zero-order valence-electron chi connectivity index (χ0n) is 17.0. The third-order valence-electron chi connectivity index (χ3n) is 5.17. The molecule has 0 saturated heterocycles. The fraction of sp³-hybridized carbons (Fsp3) is 0.455. The maximum absolute atomic E-state index is 12.6. The van der Waals surface area contributed by atoms with Crippen molar-refractivity contribution < 1.29 is 9.53 Å². The highest BCUT2D eigenvalue weighted by atomic mass is 32.1. The number of hydrogen-bond acceptors (Lipinski definition) is 5. The molecule has 3 rings (SSSR count). The third kappa shape index (κ3) is 4.54. The summed E-state index contributed by atoms with van der Waals surface area (Å²) >= 11 is 1.56. The molecule has 6 heteroatoms. The van der Waals surface area contributed by atoms with Crippen molar-refractivity contribution in [2.45, 2.75) is 39.7 Å². The Morgan fingerprint density at radius 3 is 2.96 bits per heavy atom. The van der Waals surface area contributed by atoms with Gasteiger partial charge in [0.15, 0.2) is 0 Å². The van der Waals surface area contributed by atoms with Crippen LogP contribution in [0.1, 0.15) is 40.5 Å². The number of ether oxygens (including phenoxy) is 1. The SMILES string of the molecule is COc1ccc(C)cc1CN(C)CC(=O)Nc1sc2c(c1C#N)CC[C@H](C)C2. The summed E-state index contributed by atoms with van der Waals surface area (Å²) in [6, 6.07) is 8.35. The predicted molar refractivity (Wildman–Crippen MR) is 113 cm³/mol. The van der Waals surface area contributed by atoms with Crippen LogP contribution >= 0.6 is 11.3 Å². The smallest absolute Gasteiger partial charge is 0.239 e. The number of methoxy groups -OCH3 is 1. The number of carbonyl (C=O) groups excluding carboxylic acids is 1. The second kappa shape index (κ2) is 8.76. The van der Waals surface area contributed by atoms with Crippen molar-refractivity contribution in [2.24, 2.45) is 5.92 Å². The molecule has 1 heterocycles. The summed E-state index contributed by atoms with van der Waals surface area (Å²) < 4.78 is 5.43. The highest BCUT2D eigenvalue weighted by molar-refractivity contribution is 7.16. The highest BCUT2D eigenvalue weighted by Crippen LogP contribution is 2.39. The first-order chi connectivity index (χ1) is 13.4. The van der Waals surface area contributed by atoms with Gasteiger partial charge in [-0.3, -0.25) is 9.69 Å². The van der Waals surface area contributed by atoms with Crippen LogP contribution in [0.25, 0.3) is 0 Å². The zero-order valence-corrected chi connectivity index (χ0v) is 17.8. The van der Waals surface area contributed by atoms with Gasteiger partial charge in [-0.2, -0.15) is 5.26 Å². The summed E-state index contributed by atoms with van der Waals surface area (Å²) in [5.41, 5.74) is 4.00. The quantitative estimate of drug-likeness (QED) is 0.796. The van der Waals surface area contributed by atoms with E-state index < -0.39 is 0 Å².